The highest BCUT2D eigenvalue weighted by molar-refractivity contribution is 6.29. The predicted octanol–water partition coefficient (Wildman–Crippen LogP) is 4.03. The Kier molecular flexibility index (Phi) is 3.94. The molecule has 1 N–H and O–H groups in total. The van der Waals surface area contributed by atoms with Crippen molar-refractivity contribution in [2.45, 2.75) is 25.3 Å². The quantitative estimate of drug-likeness (QED) is 0.713. The molecule has 2 heterocycles. The van der Waals surface area contributed by atoms with E-state index in [4.69, 9.17) is 11.6 Å². The van der Waals surface area contributed by atoms with Gasteiger partial charge < -0.3 is 9.88 Å². The van der Waals surface area contributed by atoms with Crippen LogP contribution in [0.3, 0.4) is 0 Å². The summed E-state index contributed by atoms with van der Waals surface area (Å²) in [5.41, 5.74) is 2.14. The van der Waals surface area contributed by atoms with Gasteiger partial charge in [0.05, 0.1) is 18.4 Å². The van der Waals surface area contributed by atoms with Crippen molar-refractivity contribution in [3.05, 3.63) is 59.4 Å². The summed E-state index contributed by atoms with van der Waals surface area (Å²) in [7, 11) is 1.99. The number of halogens is 1. The normalized spacial score (nSPS) is 13.9. The minimum absolute atomic E-state index is 0.476. The third-order valence-corrected chi connectivity index (χ3v) is 4.33. The first kappa shape index (κ1) is 15.1. The van der Waals surface area contributed by atoms with E-state index in [1.807, 2.05) is 36.3 Å². The molecule has 0 saturated heterocycles. The fourth-order valence-corrected chi connectivity index (χ4v) is 2.84. The first-order valence-corrected chi connectivity index (χ1v) is 8.42. The summed E-state index contributed by atoms with van der Waals surface area (Å²) in [5.74, 6) is 3.05. The molecule has 1 aromatic carbocycles. The van der Waals surface area contributed by atoms with Crippen LogP contribution in [0.2, 0.25) is 5.15 Å². The lowest BCUT2D eigenvalue weighted by molar-refractivity contribution is 0.821. The van der Waals surface area contributed by atoms with Crippen LogP contribution in [0.5, 0.6) is 0 Å². The summed E-state index contributed by atoms with van der Waals surface area (Å²) in [6.45, 7) is 0.629. The second-order valence-electron chi connectivity index (χ2n) is 6.15. The monoisotopic (exact) mass is 339 g/mol. The average molecular weight is 340 g/mol. The lowest BCUT2D eigenvalue weighted by Crippen LogP contribution is -2.19. The lowest BCUT2D eigenvalue weighted by Gasteiger charge is -2.17. The van der Waals surface area contributed by atoms with Gasteiger partial charge in [0.15, 0.2) is 0 Å². The number of nitrogens with one attached hydrogen (secondary N) is 1. The SMILES string of the molecule is CN(Cc1ncc(-c2ccccc2)[nH]1)c1cc(Cl)nc(C2CC2)n1. The van der Waals surface area contributed by atoms with Crippen LogP contribution < -0.4 is 4.90 Å². The highest BCUT2D eigenvalue weighted by Crippen LogP contribution is 2.39. The van der Waals surface area contributed by atoms with Gasteiger partial charge in [-0.1, -0.05) is 41.9 Å². The van der Waals surface area contributed by atoms with Crippen molar-refractivity contribution in [3.8, 4) is 11.3 Å². The number of nitrogens with zero attached hydrogens (tertiary/aromatic N) is 4. The number of imidazole rings is 1. The lowest BCUT2D eigenvalue weighted by atomic mass is 10.2. The maximum atomic E-state index is 6.15. The van der Waals surface area contributed by atoms with Gasteiger partial charge in [0.25, 0.3) is 0 Å². The molecular weight excluding hydrogens is 322 g/mol. The molecule has 0 bridgehead atoms. The van der Waals surface area contributed by atoms with E-state index in [0.717, 1.165) is 41.6 Å². The Morgan fingerprint density at radius 2 is 2.00 bits per heavy atom. The molecule has 0 unspecified atom stereocenters. The molecule has 3 aromatic rings. The Hall–Kier alpha value is -2.40. The molecule has 0 amide bonds. The van der Waals surface area contributed by atoms with E-state index in [0.29, 0.717) is 17.6 Å². The van der Waals surface area contributed by atoms with Crippen molar-refractivity contribution in [1.29, 1.82) is 0 Å². The molecule has 0 aliphatic heterocycles. The van der Waals surface area contributed by atoms with Crippen LogP contribution in [0.25, 0.3) is 11.3 Å². The second kappa shape index (κ2) is 6.24. The molecule has 4 rings (SSSR count). The van der Waals surface area contributed by atoms with Crippen LogP contribution >= 0.6 is 11.6 Å². The Morgan fingerprint density at radius 1 is 1.21 bits per heavy atom. The minimum atomic E-state index is 0.476. The summed E-state index contributed by atoms with van der Waals surface area (Å²) in [4.78, 5) is 18.9. The number of benzene rings is 1. The van der Waals surface area contributed by atoms with E-state index in [1.165, 1.54) is 0 Å². The maximum absolute atomic E-state index is 6.15. The number of H-pyrrole nitrogens is 1. The number of aromatic nitrogens is 4. The molecule has 24 heavy (non-hydrogen) atoms. The number of rotatable bonds is 5. The number of anilines is 1. The van der Waals surface area contributed by atoms with Crippen molar-refractivity contribution >= 4 is 17.4 Å². The largest absolute Gasteiger partial charge is 0.352 e. The summed E-state index contributed by atoms with van der Waals surface area (Å²) in [5, 5.41) is 0.498. The van der Waals surface area contributed by atoms with Crippen LogP contribution in [0, 0.1) is 0 Å². The number of aromatic amines is 1. The van der Waals surface area contributed by atoms with Gasteiger partial charge in [-0.15, -0.1) is 0 Å². The van der Waals surface area contributed by atoms with Gasteiger partial charge in [0.1, 0.15) is 22.6 Å². The topological polar surface area (TPSA) is 57.7 Å². The van der Waals surface area contributed by atoms with E-state index in [-0.39, 0.29) is 0 Å². The van der Waals surface area contributed by atoms with Crippen LogP contribution in [-0.2, 0) is 6.54 Å². The van der Waals surface area contributed by atoms with Gasteiger partial charge >= 0.3 is 0 Å². The zero-order valence-corrected chi connectivity index (χ0v) is 14.2. The Labute approximate surface area is 145 Å². The molecule has 1 fully saturated rings. The molecule has 0 atom stereocenters. The van der Waals surface area contributed by atoms with Crippen LogP contribution in [-0.4, -0.2) is 27.0 Å². The average Bonchev–Trinajstić information content (AvgIpc) is 3.35. The molecule has 0 spiro atoms. The first-order valence-electron chi connectivity index (χ1n) is 8.04. The molecule has 6 heteroatoms. The van der Waals surface area contributed by atoms with Crippen LogP contribution in [0.1, 0.15) is 30.4 Å². The molecule has 0 radical (unpaired) electrons. The standard InChI is InChI=1S/C18H18ClN5/c1-24(17-9-15(19)22-18(23-17)13-7-8-13)11-16-20-10-14(21-16)12-5-3-2-4-6-12/h2-6,9-10,13H,7-8,11H2,1H3,(H,20,21). The van der Waals surface area contributed by atoms with Gasteiger partial charge in [-0.2, -0.15) is 0 Å². The highest BCUT2D eigenvalue weighted by Gasteiger charge is 2.27. The van der Waals surface area contributed by atoms with Gasteiger partial charge in [-0.05, 0) is 18.4 Å². The summed E-state index contributed by atoms with van der Waals surface area (Å²) in [6.07, 6.45) is 4.17. The van der Waals surface area contributed by atoms with Crippen molar-refractivity contribution in [1.82, 2.24) is 19.9 Å². The van der Waals surface area contributed by atoms with E-state index in [2.05, 4.69) is 32.1 Å². The van der Waals surface area contributed by atoms with E-state index in [9.17, 15) is 0 Å². The van der Waals surface area contributed by atoms with Gasteiger partial charge in [-0.25, -0.2) is 15.0 Å². The Morgan fingerprint density at radius 3 is 2.75 bits per heavy atom. The molecule has 1 saturated carbocycles. The molecule has 1 aliphatic rings. The van der Waals surface area contributed by atoms with E-state index in [1.54, 1.807) is 6.07 Å². The highest BCUT2D eigenvalue weighted by atomic mass is 35.5. The number of hydrogen-bond donors (Lipinski definition) is 1. The fourth-order valence-electron chi connectivity index (χ4n) is 2.66. The summed E-state index contributed by atoms with van der Waals surface area (Å²) >= 11 is 6.15. The smallest absolute Gasteiger partial charge is 0.135 e. The molecule has 5 nitrogen and oxygen atoms in total. The first-order chi connectivity index (χ1) is 11.7. The van der Waals surface area contributed by atoms with E-state index >= 15 is 0 Å². The molecule has 122 valence electrons. The Balaban J connectivity index is 1.52. The van der Waals surface area contributed by atoms with Gasteiger partial charge in [0.2, 0.25) is 0 Å². The van der Waals surface area contributed by atoms with Gasteiger partial charge in [0, 0.05) is 19.0 Å². The van der Waals surface area contributed by atoms with Crippen LogP contribution in [0.15, 0.2) is 42.6 Å². The van der Waals surface area contributed by atoms with Crippen molar-refractivity contribution < 1.29 is 0 Å². The summed E-state index contributed by atoms with van der Waals surface area (Å²) in [6, 6.07) is 12.0. The zero-order chi connectivity index (χ0) is 16.5. The summed E-state index contributed by atoms with van der Waals surface area (Å²) < 4.78 is 0. The van der Waals surface area contributed by atoms with Crippen molar-refractivity contribution in [3.63, 3.8) is 0 Å². The molecule has 2 aromatic heterocycles. The van der Waals surface area contributed by atoms with Crippen molar-refractivity contribution in [2.75, 3.05) is 11.9 Å². The minimum Gasteiger partial charge on any atom is -0.352 e. The zero-order valence-electron chi connectivity index (χ0n) is 13.4. The predicted molar refractivity (Wildman–Crippen MR) is 95.1 cm³/mol. The number of hydrogen-bond acceptors (Lipinski definition) is 4. The Bertz CT molecular complexity index is 842. The van der Waals surface area contributed by atoms with E-state index < -0.39 is 0 Å². The van der Waals surface area contributed by atoms with Crippen molar-refractivity contribution in [2.24, 2.45) is 0 Å². The fraction of sp³-hybridized carbons (Fsp3) is 0.278. The third-order valence-electron chi connectivity index (χ3n) is 4.13. The molecule has 1 aliphatic carbocycles. The third kappa shape index (κ3) is 3.26. The van der Waals surface area contributed by atoms with Gasteiger partial charge in [-0.3, -0.25) is 0 Å². The maximum Gasteiger partial charge on any atom is 0.135 e. The van der Waals surface area contributed by atoms with Crippen LogP contribution in [0.4, 0.5) is 5.82 Å². The second-order valence-corrected chi connectivity index (χ2v) is 6.53. The molecular formula is C18H18ClN5.